The Morgan fingerprint density at radius 1 is 0.878 bits per heavy atom. The van der Waals surface area contributed by atoms with Crippen LogP contribution in [-0.4, -0.2) is 28.1 Å². The van der Waals surface area contributed by atoms with Gasteiger partial charge in [-0.3, -0.25) is 0 Å². The number of nitrogens with one attached hydrogen (secondary N) is 1. The number of aryl methyl sites for hydroxylation is 1. The SMILES string of the molecule is CCOc1ccccc1NC1=Nc2ccccc2N2C1=Nc1c(c(C)nn1-c1ccccc1)C2c1cccc(Br)c1. The van der Waals surface area contributed by atoms with E-state index in [9.17, 15) is 0 Å². The van der Waals surface area contributed by atoms with Crippen molar-refractivity contribution < 1.29 is 4.74 Å². The minimum atomic E-state index is -0.192. The van der Waals surface area contributed by atoms with Crippen molar-refractivity contribution in [3.8, 4) is 11.4 Å². The first-order valence-electron chi connectivity index (χ1n) is 13.6. The van der Waals surface area contributed by atoms with Crippen molar-refractivity contribution in [2.45, 2.75) is 19.9 Å². The van der Waals surface area contributed by atoms with Crippen LogP contribution in [0.3, 0.4) is 0 Å². The molecule has 7 nitrogen and oxygen atoms in total. The molecule has 8 heteroatoms. The van der Waals surface area contributed by atoms with E-state index in [1.165, 1.54) is 0 Å². The van der Waals surface area contributed by atoms with E-state index in [2.05, 4.69) is 69.5 Å². The van der Waals surface area contributed by atoms with Gasteiger partial charge in [0.1, 0.15) is 5.75 Å². The minimum absolute atomic E-state index is 0.192. The van der Waals surface area contributed by atoms with E-state index in [0.717, 1.165) is 55.6 Å². The number of halogens is 1. The highest BCUT2D eigenvalue weighted by Crippen LogP contribution is 2.48. The summed E-state index contributed by atoms with van der Waals surface area (Å²) in [7, 11) is 0. The zero-order valence-electron chi connectivity index (χ0n) is 22.6. The van der Waals surface area contributed by atoms with Crippen molar-refractivity contribution in [2.75, 3.05) is 16.8 Å². The number of aromatic nitrogens is 2. The predicted molar refractivity (Wildman–Crippen MR) is 169 cm³/mol. The molecule has 0 bridgehead atoms. The van der Waals surface area contributed by atoms with Crippen LogP contribution in [0.15, 0.2) is 118 Å². The van der Waals surface area contributed by atoms with Gasteiger partial charge in [-0.25, -0.2) is 14.7 Å². The second-order valence-corrected chi connectivity index (χ2v) is 10.8. The van der Waals surface area contributed by atoms with Crippen LogP contribution in [0.2, 0.25) is 0 Å². The summed E-state index contributed by atoms with van der Waals surface area (Å²) in [5.41, 5.74) is 6.72. The summed E-state index contributed by atoms with van der Waals surface area (Å²) >= 11 is 3.71. The van der Waals surface area contributed by atoms with E-state index in [4.69, 9.17) is 19.8 Å². The Morgan fingerprint density at radius 2 is 1.66 bits per heavy atom. The first-order valence-corrected chi connectivity index (χ1v) is 14.4. The zero-order valence-corrected chi connectivity index (χ0v) is 24.2. The van der Waals surface area contributed by atoms with Gasteiger partial charge in [0.05, 0.1) is 41.1 Å². The molecule has 0 fully saturated rings. The number of aliphatic imine (C=N–C) groups is 2. The molecule has 0 saturated carbocycles. The van der Waals surface area contributed by atoms with Crippen molar-refractivity contribution in [2.24, 2.45) is 9.98 Å². The van der Waals surface area contributed by atoms with E-state index >= 15 is 0 Å². The third kappa shape index (κ3) is 4.40. The molecule has 0 saturated heterocycles. The van der Waals surface area contributed by atoms with E-state index in [1.54, 1.807) is 0 Å². The van der Waals surface area contributed by atoms with Crippen molar-refractivity contribution in [3.63, 3.8) is 0 Å². The van der Waals surface area contributed by atoms with Crippen LogP contribution in [0.4, 0.5) is 22.9 Å². The molecule has 0 amide bonds. The van der Waals surface area contributed by atoms with Crippen molar-refractivity contribution in [1.82, 2.24) is 9.78 Å². The van der Waals surface area contributed by atoms with Crippen LogP contribution < -0.4 is 15.0 Å². The number of rotatable bonds is 5. The Labute approximate surface area is 247 Å². The van der Waals surface area contributed by atoms with Crippen LogP contribution in [0.25, 0.3) is 5.69 Å². The number of hydrogen-bond donors (Lipinski definition) is 1. The monoisotopic (exact) mass is 602 g/mol. The molecule has 1 atom stereocenters. The summed E-state index contributed by atoms with van der Waals surface area (Å²) in [6.07, 6.45) is 0. The fourth-order valence-corrected chi connectivity index (χ4v) is 5.93. The van der Waals surface area contributed by atoms with Gasteiger partial charge in [0.2, 0.25) is 0 Å². The molecule has 5 aromatic rings. The highest BCUT2D eigenvalue weighted by Gasteiger charge is 2.41. The Bertz CT molecular complexity index is 1830. The van der Waals surface area contributed by atoms with Gasteiger partial charge in [-0.2, -0.15) is 5.10 Å². The Balaban J connectivity index is 1.49. The third-order valence-electron chi connectivity index (χ3n) is 7.24. The molecule has 3 heterocycles. The summed E-state index contributed by atoms with van der Waals surface area (Å²) in [6, 6.07) is 34.5. The molecule has 41 heavy (non-hydrogen) atoms. The first kappa shape index (κ1) is 25.3. The average Bonchev–Trinajstić information content (AvgIpc) is 3.33. The van der Waals surface area contributed by atoms with E-state index in [-0.39, 0.29) is 6.04 Å². The third-order valence-corrected chi connectivity index (χ3v) is 7.74. The Hall–Kier alpha value is -4.69. The maximum Gasteiger partial charge on any atom is 0.179 e. The Kier molecular flexibility index (Phi) is 6.40. The lowest BCUT2D eigenvalue weighted by Crippen LogP contribution is -2.46. The number of anilines is 2. The van der Waals surface area contributed by atoms with Gasteiger partial charge in [0, 0.05) is 10.0 Å². The number of ether oxygens (including phenoxy) is 1. The van der Waals surface area contributed by atoms with Gasteiger partial charge in [0.15, 0.2) is 17.5 Å². The van der Waals surface area contributed by atoms with Crippen LogP contribution in [0.1, 0.15) is 29.8 Å². The van der Waals surface area contributed by atoms with E-state index in [1.807, 2.05) is 78.3 Å². The van der Waals surface area contributed by atoms with E-state index < -0.39 is 0 Å². The topological polar surface area (TPSA) is 67.0 Å². The fourth-order valence-electron chi connectivity index (χ4n) is 5.52. The number of nitrogens with zero attached hydrogens (tertiary/aromatic N) is 5. The van der Waals surface area contributed by atoms with Gasteiger partial charge in [-0.05, 0) is 67.9 Å². The summed E-state index contributed by atoms with van der Waals surface area (Å²) in [4.78, 5) is 12.7. The molecular weight excluding hydrogens is 576 g/mol. The molecule has 202 valence electrons. The number of para-hydroxylation sites is 5. The number of benzene rings is 4. The van der Waals surface area contributed by atoms with Gasteiger partial charge >= 0.3 is 0 Å². The van der Waals surface area contributed by atoms with E-state index in [0.29, 0.717) is 18.3 Å². The molecule has 1 unspecified atom stereocenters. The number of fused-ring (bicyclic) bond motifs is 4. The summed E-state index contributed by atoms with van der Waals surface area (Å²) < 4.78 is 8.88. The maximum absolute atomic E-state index is 5.93. The standard InChI is InChI=1S/C33H27BrN6O/c1-3-41-28-19-10-8-17-26(28)36-31-33-37-32-29(21(2)38-40(32)24-14-5-4-6-15-24)30(22-12-11-13-23(34)20-22)39(33)27-18-9-7-16-25(27)35-31/h4-20,30H,3H2,1-2H3,(H,35,36). The van der Waals surface area contributed by atoms with Crippen molar-refractivity contribution in [1.29, 1.82) is 0 Å². The van der Waals surface area contributed by atoms with Crippen molar-refractivity contribution >= 4 is 50.5 Å². The molecule has 7 rings (SSSR count). The minimum Gasteiger partial charge on any atom is -0.492 e. The lowest BCUT2D eigenvalue weighted by atomic mass is 9.93. The van der Waals surface area contributed by atoms with Gasteiger partial charge in [0.25, 0.3) is 0 Å². The molecule has 2 aliphatic rings. The fraction of sp³-hybridized carbons (Fsp3) is 0.121. The highest BCUT2D eigenvalue weighted by molar-refractivity contribution is 9.10. The lowest BCUT2D eigenvalue weighted by molar-refractivity contribution is 0.342. The lowest BCUT2D eigenvalue weighted by Gasteiger charge is -2.40. The largest absolute Gasteiger partial charge is 0.492 e. The second-order valence-electron chi connectivity index (χ2n) is 9.84. The molecule has 0 spiro atoms. The molecule has 0 aliphatic carbocycles. The quantitative estimate of drug-likeness (QED) is 0.220. The second kappa shape index (κ2) is 10.4. The number of hydrogen-bond acceptors (Lipinski definition) is 6. The molecule has 1 N–H and O–H groups in total. The van der Waals surface area contributed by atoms with Crippen molar-refractivity contribution in [3.05, 3.63) is 124 Å². The molecule has 2 aliphatic heterocycles. The van der Waals surface area contributed by atoms with Gasteiger partial charge in [-0.1, -0.05) is 70.5 Å². The zero-order chi connectivity index (χ0) is 27.9. The normalized spacial score (nSPS) is 15.3. The Morgan fingerprint density at radius 3 is 2.49 bits per heavy atom. The molecule has 1 aromatic heterocycles. The first-order chi connectivity index (χ1) is 20.1. The molecule has 4 aromatic carbocycles. The smallest absolute Gasteiger partial charge is 0.179 e. The van der Waals surface area contributed by atoms with Crippen LogP contribution in [0.5, 0.6) is 5.75 Å². The van der Waals surface area contributed by atoms with Gasteiger partial charge in [-0.15, -0.1) is 0 Å². The summed E-state index contributed by atoms with van der Waals surface area (Å²) in [5.74, 6) is 2.90. The van der Waals surface area contributed by atoms with Crippen LogP contribution in [-0.2, 0) is 0 Å². The average molecular weight is 604 g/mol. The molecular formula is C33H27BrN6O. The summed E-state index contributed by atoms with van der Waals surface area (Å²) in [5, 5.41) is 8.58. The predicted octanol–water partition coefficient (Wildman–Crippen LogP) is 8.14. The summed E-state index contributed by atoms with van der Waals surface area (Å²) in [6.45, 7) is 4.60. The molecule has 0 radical (unpaired) electrons. The highest BCUT2D eigenvalue weighted by atomic mass is 79.9. The number of amidine groups is 2. The van der Waals surface area contributed by atoms with Gasteiger partial charge < -0.3 is 15.0 Å². The van der Waals surface area contributed by atoms with Crippen LogP contribution >= 0.6 is 15.9 Å². The van der Waals surface area contributed by atoms with Crippen LogP contribution in [0, 0.1) is 6.92 Å². The maximum atomic E-state index is 5.93.